The van der Waals surface area contributed by atoms with Crippen molar-refractivity contribution in [2.75, 3.05) is 6.54 Å². The van der Waals surface area contributed by atoms with Crippen molar-refractivity contribution >= 4 is 41.5 Å². The van der Waals surface area contributed by atoms with Gasteiger partial charge >= 0.3 is 0 Å². The Morgan fingerprint density at radius 2 is 1.91 bits per heavy atom. The van der Waals surface area contributed by atoms with Crippen LogP contribution in [0.5, 0.6) is 0 Å². The van der Waals surface area contributed by atoms with Crippen LogP contribution in [-0.4, -0.2) is 18.0 Å². The first-order valence-corrected chi connectivity index (χ1v) is 8.00. The van der Waals surface area contributed by atoms with Crippen molar-refractivity contribution in [2.45, 2.75) is 38.6 Å². The van der Waals surface area contributed by atoms with E-state index in [2.05, 4.69) is 19.2 Å². The number of amides is 1. The van der Waals surface area contributed by atoms with Crippen molar-refractivity contribution in [3.63, 3.8) is 0 Å². The zero-order valence-corrected chi connectivity index (χ0v) is 15.4. The van der Waals surface area contributed by atoms with Gasteiger partial charge in [-0.2, -0.15) is 0 Å². The summed E-state index contributed by atoms with van der Waals surface area (Å²) in [6.07, 6.45) is 0.835. The Bertz CT molecular complexity index is 530. The van der Waals surface area contributed by atoms with E-state index in [4.69, 9.17) is 28.9 Å². The smallest absolute Gasteiger partial charge is 0.224 e. The molecule has 0 aromatic heterocycles. The number of halogens is 3. The third kappa shape index (κ3) is 4.29. The van der Waals surface area contributed by atoms with E-state index < -0.39 is 0 Å². The summed E-state index contributed by atoms with van der Waals surface area (Å²) in [6.45, 7) is 6.54. The zero-order chi connectivity index (χ0) is 15.8. The second kappa shape index (κ2) is 7.39. The van der Waals surface area contributed by atoms with E-state index in [9.17, 15) is 4.79 Å². The van der Waals surface area contributed by atoms with Gasteiger partial charge in [0.1, 0.15) is 0 Å². The van der Waals surface area contributed by atoms with Gasteiger partial charge in [-0.1, -0.05) is 37.0 Å². The average Bonchev–Trinajstić information content (AvgIpc) is 3.17. The van der Waals surface area contributed by atoms with Gasteiger partial charge in [-0.05, 0) is 48.9 Å². The Balaban J connectivity index is 0.00000242. The highest BCUT2D eigenvalue weighted by Crippen LogP contribution is 2.48. The van der Waals surface area contributed by atoms with Gasteiger partial charge in [-0.25, -0.2) is 0 Å². The maximum Gasteiger partial charge on any atom is 0.224 e. The summed E-state index contributed by atoms with van der Waals surface area (Å²) in [7, 11) is 0. The van der Waals surface area contributed by atoms with Crippen molar-refractivity contribution in [1.82, 2.24) is 5.32 Å². The fraction of sp³-hybridized carbons (Fsp3) is 0.562. The highest BCUT2D eigenvalue weighted by Gasteiger charge is 2.46. The predicted octanol–water partition coefficient (Wildman–Crippen LogP) is 4.01. The molecule has 0 spiro atoms. The molecule has 1 aromatic carbocycles. The number of nitrogens with two attached hydrogens (primary N) is 1. The van der Waals surface area contributed by atoms with Crippen LogP contribution in [0.2, 0.25) is 10.0 Å². The fourth-order valence-corrected chi connectivity index (χ4v) is 2.99. The van der Waals surface area contributed by atoms with E-state index in [1.165, 1.54) is 0 Å². The molecule has 124 valence electrons. The van der Waals surface area contributed by atoms with E-state index in [0.717, 1.165) is 12.0 Å². The van der Waals surface area contributed by atoms with Gasteiger partial charge in [0, 0.05) is 22.5 Å². The van der Waals surface area contributed by atoms with Crippen molar-refractivity contribution in [3.8, 4) is 0 Å². The van der Waals surface area contributed by atoms with Crippen LogP contribution in [0.3, 0.4) is 0 Å². The molecule has 0 aliphatic heterocycles. The lowest BCUT2D eigenvalue weighted by Gasteiger charge is -2.33. The number of nitrogens with one attached hydrogen (secondary N) is 1. The van der Waals surface area contributed by atoms with Gasteiger partial charge in [-0.15, -0.1) is 12.4 Å². The van der Waals surface area contributed by atoms with Crippen LogP contribution in [-0.2, 0) is 4.79 Å². The molecule has 1 fully saturated rings. The maximum absolute atomic E-state index is 12.4. The maximum atomic E-state index is 12.4. The Hall–Kier alpha value is -0.480. The lowest BCUT2D eigenvalue weighted by Crippen LogP contribution is -2.55. The number of carbonyl (C=O) groups is 1. The molecule has 1 aliphatic rings. The molecule has 3 atom stereocenters. The van der Waals surface area contributed by atoms with Crippen LogP contribution in [0.15, 0.2) is 18.2 Å². The summed E-state index contributed by atoms with van der Waals surface area (Å²) in [6, 6.07) is 5.47. The third-order valence-corrected chi connectivity index (χ3v) is 4.98. The summed E-state index contributed by atoms with van der Waals surface area (Å²) in [5, 5.41) is 4.32. The number of hydrogen-bond acceptors (Lipinski definition) is 2. The fourth-order valence-electron chi connectivity index (χ4n) is 2.45. The van der Waals surface area contributed by atoms with Crippen molar-refractivity contribution < 1.29 is 4.79 Å². The molecule has 0 radical (unpaired) electrons. The normalized spacial score (nSPS) is 22.7. The van der Waals surface area contributed by atoms with Crippen LogP contribution in [0.25, 0.3) is 0 Å². The summed E-state index contributed by atoms with van der Waals surface area (Å²) >= 11 is 12.0. The van der Waals surface area contributed by atoms with E-state index in [1.54, 1.807) is 6.07 Å². The molecule has 0 bridgehead atoms. The van der Waals surface area contributed by atoms with Crippen LogP contribution >= 0.6 is 35.6 Å². The first kappa shape index (κ1) is 19.6. The molecule has 3 N–H and O–H groups in total. The Labute approximate surface area is 148 Å². The molecule has 6 heteroatoms. The second-order valence-electron chi connectivity index (χ2n) is 6.42. The molecular formula is C16H23Cl3N2O. The van der Waals surface area contributed by atoms with Gasteiger partial charge in [0.25, 0.3) is 0 Å². The monoisotopic (exact) mass is 364 g/mol. The molecule has 22 heavy (non-hydrogen) atoms. The molecule has 1 aliphatic carbocycles. The molecule has 1 amide bonds. The van der Waals surface area contributed by atoms with Gasteiger partial charge < -0.3 is 11.1 Å². The Morgan fingerprint density at radius 1 is 1.36 bits per heavy atom. The highest BCUT2D eigenvalue weighted by atomic mass is 35.5. The molecule has 0 saturated heterocycles. The minimum atomic E-state index is -0.365. The lowest BCUT2D eigenvalue weighted by atomic mass is 9.88. The van der Waals surface area contributed by atoms with E-state index >= 15 is 0 Å². The van der Waals surface area contributed by atoms with Crippen molar-refractivity contribution in [2.24, 2.45) is 17.6 Å². The van der Waals surface area contributed by atoms with Gasteiger partial charge in [-0.3, -0.25) is 4.79 Å². The number of benzene rings is 1. The van der Waals surface area contributed by atoms with Gasteiger partial charge in [0.05, 0.1) is 5.54 Å². The van der Waals surface area contributed by atoms with E-state index in [-0.39, 0.29) is 41.6 Å². The quantitative estimate of drug-likeness (QED) is 0.828. The molecule has 2 rings (SSSR count). The van der Waals surface area contributed by atoms with E-state index in [1.807, 2.05) is 19.1 Å². The summed E-state index contributed by atoms with van der Waals surface area (Å²) in [5.74, 6) is 0.543. The minimum Gasteiger partial charge on any atom is -0.349 e. The van der Waals surface area contributed by atoms with Crippen molar-refractivity contribution in [3.05, 3.63) is 33.8 Å². The molecule has 3 unspecified atom stereocenters. The molecular weight excluding hydrogens is 343 g/mol. The Kier molecular flexibility index (Phi) is 6.58. The van der Waals surface area contributed by atoms with Gasteiger partial charge in [0.2, 0.25) is 5.91 Å². The molecule has 0 heterocycles. The highest BCUT2D eigenvalue weighted by molar-refractivity contribution is 6.34. The summed E-state index contributed by atoms with van der Waals surface area (Å²) < 4.78 is 0. The summed E-state index contributed by atoms with van der Waals surface area (Å²) in [5.41, 5.74) is 6.48. The van der Waals surface area contributed by atoms with Crippen LogP contribution in [0.4, 0.5) is 0 Å². The van der Waals surface area contributed by atoms with Crippen LogP contribution in [0.1, 0.15) is 38.7 Å². The van der Waals surface area contributed by atoms with Crippen LogP contribution < -0.4 is 11.1 Å². The number of carbonyl (C=O) groups excluding carboxylic acids is 1. The van der Waals surface area contributed by atoms with Crippen molar-refractivity contribution in [1.29, 1.82) is 0 Å². The SMILES string of the molecule is CC(C)C(C)(CN)NC(=O)C1CC1c1cc(Cl)cc(Cl)c1.Cl. The third-order valence-electron chi connectivity index (χ3n) is 4.55. The van der Waals surface area contributed by atoms with Crippen LogP contribution in [0, 0.1) is 11.8 Å². The first-order valence-electron chi connectivity index (χ1n) is 7.25. The second-order valence-corrected chi connectivity index (χ2v) is 7.29. The minimum absolute atomic E-state index is 0. The lowest BCUT2D eigenvalue weighted by molar-refractivity contribution is -0.124. The van der Waals surface area contributed by atoms with Gasteiger partial charge in [0.15, 0.2) is 0 Å². The number of rotatable bonds is 5. The Morgan fingerprint density at radius 3 is 2.36 bits per heavy atom. The first-order chi connectivity index (χ1) is 9.76. The zero-order valence-electron chi connectivity index (χ0n) is 13.0. The predicted molar refractivity (Wildman–Crippen MR) is 95.0 cm³/mol. The molecule has 1 saturated carbocycles. The average molecular weight is 366 g/mol. The van der Waals surface area contributed by atoms with E-state index in [0.29, 0.717) is 16.6 Å². The number of hydrogen-bond donors (Lipinski definition) is 2. The molecule has 3 nitrogen and oxygen atoms in total. The molecule has 1 aromatic rings. The standard InChI is InChI=1S/C16H22Cl2N2O.ClH/c1-9(2)16(3,8-19)20-15(21)14-7-13(14)10-4-11(17)6-12(18)5-10;/h4-6,9,13-14H,7-8,19H2,1-3H3,(H,20,21);1H. The summed E-state index contributed by atoms with van der Waals surface area (Å²) in [4.78, 5) is 12.4. The topological polar surface area (TPSA) is 55.1 Å². The largest absolute Gasteiger partial charge is 0.349 e.